The van der Waals surface area contributed by atoms with Crippen molar-refractivity contribution in [1.29, 1.82) is 15.8 Å². The number of nitriles is 3. The highest BCUT2D eigenvalue weighted by molar-refractivity contribution is 7.29. The van der Waals surface area contributed by atoms with E-state index in [1.54, 1.807) is 35.6 Å². The monoisotopic (exact) mass is 634 g/mol. The lowest BCUT2D eigenvalue weighted by Crippen LogP contribution is -2.43. The quantitative estimate of drug-likeness (QED) is 0.180. The van der Waals surface area contributed by atoms with Gasteiger partial charge in [0.25, 0.3) is 5.60 Å². The molecule has 10 heteroatoms. The first-order chi connectivity index (χ1) is 21.6. The Morgan fingerprint density at radius 1 is 0.844 bits per heavy atom. The highest BCUT2D eigenvalue weighted by Crippen LogP contribution is 2.56. The molecule has 220 valence electrons. The average molecular weight is 635 g/mol. The van der Waals surface area contributed by atoms with Crippen LogP contribution in [0.1, 0.15) is 10.4 Å². The van der Waals surface area contributed by atoms with Gasteiger partial charge in [-0.3, -0.25) is 0 Å². The molecule has 0 saturated heterocycles. The van der Waals surface area contributed by atoms with E-state index in [1.165, 1.54) is 47.8 Å². The van der Waals surface area contributed by atoms with Gasteiger partial charge in [-0.2, -0.15) is 29.0 Å². The molecule has 3 aromatic carbocycles. The predicted molar refractivity (Wildman–Crippen MR) is 172 cm³/mol. The number of rotatable bonds is 5. The summed E-state index contributed by atoms with van der Waals surface area (Å²) in [5.74, 6) is -0.689. The maximum Gasteiger partial charge on any atom is 0.437 e. The summed E-state index contributed by atoms with van der Waals surface area (Å²) in [6.07, 6.45) is -2.31. The summed E-state index contributed by atoms with van der Waals surface area (Å²) in [5, 5.41) is 31.0. The lowest BCUT2D eigenvalue weighted by molar-refractivity contribution is -0.249. The molecule has 5 nitrogen and oxygen atoms in total. The number of allylic oxidation sites excluding steroid dienone is 2. The smallest absolute Gasteiger partial charge is 0.437 e. The van der Waals surface area contributed by atoms with E-state index in [4.69, 9.17) is 4.74 Å². The lowest BCUT2D eigenvalue weighted by Gasteiger charge is -2.33. The molecule has 2 aromatic heterocycles. The Morgan fingerprint density at radius 2 is 1.49 bits per heavy atom. The summed E-state index contributed by atoms with van der Waals surface area (Å²) in [6.45, 7) is 0. The largest absolute Gasteiger partial charge is 0.465 e. The van der Waals surface area contributed by atoms with Gasteiger partial charge in [-0.1, -0.05) is 60.7 Å². The van der Waals surface area contributed by atoms with Gasteiger partial charge in [0, 0.05) is 40.7 Å². The van der Waals surface area contributed by atoms with Crippen molar-refractivity contribution in [1.82, 2.24) is 0 Å². The molecule has 0 aliphatic carbocycles. The first kappa shape index (κ1) is 29.7. The molecular weight excluding hydrogens is 614 g/mol. The Hall–Kier alpha value is -5.34. The zero-order valence-electron chi connectivity index (χ0n) is 23.8. The molecule has 0 radical (unpaired) electrons. The predicted octanol–water partition coefficient (Wildman–Crippen LogP) is 9.47. The third-order valence-corrected chi connectivity index (χ3v) is 10.0. The highest BCUT2D eigenvalue weighted by atomic mass is 32.1. The van der Waals surface area contributed by atoms with Gasteiger partial charge in [-0.05, 0) is 46.7 Å². The number of hydrogen-bond donors (Lipinski definition) is 0. The van der Waals surface area contributed by atoms with E-state index in [9.17, 15) is 15.8 Å². The molecule has 1 aliphatic heterocycles. The first-order valence-electron chi connectivity index (χ1n) is 13.5. The summed E-state index contributed by atoms with van der Waals surface area (Å²) in [6, 6.07) is 28.1. The molecule has 1 atom stereocenters. The Morgan fingerprint density at radius 3 is 2.09 bits per heavy atom. The third kappa shape index (κ3) is 4.93. The van der Waals surface area contributed by atoms with Gasteiger partial charge in [-0.25, -0.2) is 0 Å². The van der Waals surface area contributed by atoms with Crippen LogP contribution < -0.4 is 4.90 Å². The number of thiophene rings is 2. The first-order valence-corrected chi connectivity index (χ1v) is 15.2. The lowest BCUT2D eigenvalue weighted by atomic mass is 9.84. The standard InChI is InChI=1S/C35H21F3N4OS2/c1-42(2)26-12-10-21(11-13-26)30-17-23-9-8-22-16-27(44-32(22)33(23)45-30)14-15-29-28(20-41)31(24(18-39)19-40)43-34(29,35(36,37)38)25-6-4-3-5-7-25/h3-17H,1-2H3/b15-14+. The molecule has 0 bridgehead atoms. The zero-order valence-corrected chi connectivity index (χ0v) is 25.4. The summed E-state index contributed by atoms with van der Waals surface area (Å²) < 4.78 is 52.8. The van der Waals surface area contributed by atoms with Crippen molar-refractivity contribution in [2.24, 2.45) is 0 Å². The number of alkyl halides is 3. The number of ether oxygens (including phenoxy) is 1. The van der Waals surface area contributed by atoms with Crippen molar-refractivity contribution in [3.63, 3.8) is 0 Å². The fourth-order valence-electron chi connectivity index (χ4n) is 5.36. The van der Waals surface area contributed by atoms with E-state index in [2.05, 4.69) is 30.3 Å². The number of halogens is 3. The van der Waals surface area contributed by atoms with Gasteiger partial charge in [0.1, 0.15) is 23.8 Å². The normalized spacial score (nSPS) is 16.5. The van der Waals surface area contributed by atoms with Gasteiger partial charge >= 0.3 is 6.18 Å². The summed E-state index contributed by atoms with van der Waals surface area (Å²) in [5.41, 5.74) is -2.92. The van der Waals surface area contributed by atoms with Crippen LogP contribution in [0.4, 0.5) is 18.9 Å². The molecular formula is C35H21F3N4OS2. The Balaban J connectivity index is 1.48. The fraction of sp³-hybridized carbons (Fsp3) is 0.114. The van der Waals surface area contributed by atoms with Crippen molar-refractivity contribution < 1.29 is 17.9 Å². The van der Waals surface area contributed by atoms with Crippen LogP contribution in [0.25, 0.3) is 36.7 Å². The van der Waals surface area contributed by atoms with Crippen molar-refractivity contribution >= 4 is 54.6 Å². The third-order valence-electron chi connectivity index (χ3n) is 7.54. The van der Waals surface area contributed by atoms with Gasteiger partial charge in [0.05, 0.1) is 9.40 Å². The minimum Gasteiger partial charge on any atom is -0.465 e. The number of benzene rings is 3. The minimum atomic E-state index is -5.04. The van der Waals surface area contributed by atoms with Gasteiger partial charge < -0.3 is 9.64 Å². The van der Waals surface area contributed by atoms with Gasteiger partial charge in [0.2, 0.25) is 0 Å². The Kier molecular flexibility index (Phi) is 7.46. The summed E-state index contributed by atoms with van der Waals surface area (Å²) in [4.78, 5) is 3.80. The van der Waals surface area contributed by atoms with Crippen LogP contribution in [0.5, 0.6) is 0 Å². The highest BCUT2D eigenvalue weighted by Gasteiger charge is 2.65. The van der Waals surface area contributed by atoms with E-state index < -0.39 is 34.3 Å². The zero-order chi connectivity index (χ0) is 31.9. The maximum absolute atomic E-state index is 15.1. The minimum absolute atomic E-state index is 0.280. The van der Waals surface area contributed by atoms with E-state index in [0.29, 0.717) is 4.88 Å². The Bertz CT molecular complexity index is 2170. The maximum atomic E-state index is 15.1. The van der Waals surface area contributed by atoms with Crippen molar-refractivity contribution in [3.05, 3.63) is 118 Å². The second-order valence-corrected chi connectivity index (χ2v) is 12.5. The summed E-state index contributed by atoms with van der Waals surface area (Å²) >= 11 is 3.07. The van der Waals surface area contributed by atoms with Crippen LogP contribution in [-0.2, 0) is 10.3 Å². The molecule has 6 rings (SSSR count). The van der Waals surface area contributed by atoms with E-state index in [0.717, 1.165) is 36.3 Å². The second kappa shape index (κ2) is 11.3. The molecule has 1 unspecified atom stereocenters. The van der Waals surface area contributed by atoms with Gasteiger partial charge in [0.15, 0.2) is 11.3 Å². The average Bonchev–Trinajstić information content (AvgIpc) is 3.74. The summed E-state index contributed by atoms with van der Waals surface area (Å²) in [7, 11) is 3.98. The SMILES string of the molecule is CN(C)c1ccc(-c2cc3ccc4cc(/C=C/C5=C(C#N)C(=C(C#N)C#N)OC5(c5ccccc5)C(F)(F)F)sc4c3s2)cc1. The molecule has 5 aromatic rings. The molecule has 3 heterocycles. The van der Waals surface area contributed by atoms with E-state index in [-0.39, 0.29) is 5.56 Å². The van der Waals surface area contributed by atoms with Crippen LogP contribution in [-0.4, -0.2) is 20.3 Å². The number of nitrogens with zero attached hydrogens (tertiary/aromatic N) is 4. The topological polar surface area (TPSA) is 83.8 Å². The Labute approximate surface area is 264 Å². The van der Waals surface area contributed by atoms with Crippen molar-refractivity contribution in [2.75, 3.05) is 19.0 Å². The van der Waals surface area contributed by atoms with Crippen molar-refractivity contribution in [2.45, 2.75) is 11.8 Å². The number of fused-ring (bicyclic) bond motifs is 3. The molecule has 0 amide bonds. The van der Waals surface area contributed by atoms with E-state index >= 15 is 13.2 Å². The molecule has 0 spiro atoms. The molecule has 1 aliphatic rings. The fourth-order valence-corrected chi connectivity index (χ4v) is 7.74. The van der Waals surface area contributed by atoms with Crippen LogP contribution in [0, 0.1) is 34.0 Å². The molecule has 0 fully saturated rings. The van der Waals surface area contributed by atoms with Gasteiger partial charge in [-0.15, -0.1) is 22.7 Å². The number of anilines is 1. The molecule has 0 N–H and O–H groups in total. The molecule has 45 heavy (non-hydrogen) atoms. The van der Waals surface area contributed by atoms with Crippen LogP contribution in [0.3, 0.4) is 0 Å². The van der Waals surface area contributed by atoms with Crippen LogP contribution in [0.15, 0.2) is 107 Å². The number of hydrogen-bond acceptors (Lipinski definition) is 7. The van der Waals surface area contributed by atoms with E-state index in [1.807, 2.05) is 37.2 Å². The van der Waals surface area contributed by atoms with Crippen molar-refractivity contribution in [3.8, 4) is 28.6 Å². The molecule has 0 saturated carbocycles. The van der Waals surface area contributed by atoms with Crippen LogP contribution >= 0.6 is 22.7 Å². The second-order valence-electron chi connectivity index (χ2n) is 10.4. The van der Waals surface area contributed by atoms with Crippen LogP contribution in [0.2, 0.25) is 0 Å².